The number of rotatable bonds is 6. The zero-order valence-electron chi connectivity index (χ0n) is 10.1. The number of hydrogen-bond acceptors (Lipinski definition) is 4. The predicted octanol–water partition coefficient (Wildman–Crippen LogP) is -0.440. The maximum absolute atomic E-state index is 11.9. The highest BCUT2D eigenvalue weighted by molar-refractivity contribution is 7.89. The van der Waals surface area contributed by atoms with Crippen molar-refractivity contribution in [2.24, 2.45) is 5.73 Å². The van der Waals surface area contributed by atoms with E-state index in [1.807, 2.05) is 0 Å². The number of benzene rings is 1. The molecule has 1 aromatic carbocycles. The lowest BCUT2D eigenvalue weighted by Gasteiger charge is -2.07. The first kappa shape index (κ1) is 14.6. The third-order valence-corrected chi connectivity index (χ3v) is 3.83. The molecule has 0 aromatic heterocycles. The average Bonchev–Trinajstić information content (AvgIpc) is 2.38. The summed E-state index contributed by atoms with van der Waals surface area (Å²) in [5.41, 5.74) is 6.19. The number of amides is 1. The smallest absolute Gasteiger partial charge is 0.240 e. The largest absolute Gasteiger partial charge is 0.359 e. The molecule has 0 radical (unpaired) electrons. The van der Waals surface area contributed by atoms with Crippen molar-refractivity contribution in [1.82, 2.24) is 10.0 Å². The second-order valence-corrected chi connectivity index (χ2v) is 5.44. The van der Waals surface area contributed by atoms with Gasteiger partial charge in [0.25, 0.3) is 0 Å². The van der Waals surface area contributed by atoms with Gasteiger partial charge in [-0.25, -0.2) is 13.1 Å². The van der Waals surface area contributed by atoms with Gasteiger partial charge >= 0.3 is 0 Å². The minimum Gasteiger partial charge on any atom is -0.359 e. The second kappa shape index (κ2) is 6.48. The lowest BCUT2D eigenvalue weighted by molar-refractivity contribution is -0.120. The fraction of sp³-hybridized carbons (Fsp3) is 0.364. The first-order valence-electron chi connectivity index (χ1n) is 5.49. The highest BCUT2D eigenvalue weighted by Crippen LogP contribution is 2.10. The van der Waals surface area contributed by atoms with Gasteiger partial charge in [0, 0.05) is 26.6 Å². The molecule has 100 valence electrons. The topological polar surface area (TPSA) is 101 Å². The van der Waals surface area contributed by atoms with Gasteiger partial charge < -0.3 is 11.1 Å². The summed E-state index contributed by atoms with van der Waals surface area (Å²) in [6.07, 6.45) is 0.103. The van der Waals surface area contributed by atoms with Gasteiger partial charge in [-0.05, 0) is 17.7 Å². The first-order valence-corrected chi connectivity index (χ1v) is 6.97. The van der Waals surface area contributed by atoms with E-state index in [0.29, 0.717) is 0 Å². The van der Waals surface area contributed by atoms with Crippen LogP contribution in [0.25, 0.3) is 0 Å². The standard InChI is InChI=1S/C11H17N3O3S/c1-13-11(15)5-6-14-18(16,17)10-4-2-3-9(7-10)8-12/h2-4,7,14H,5-6,8,12H2,1H3,(H,13,15). The van der Waals surface area contributed by atoms with E-state index >= 15 is 0 Å². The highest BCUT2D eigenvalue weighted by Gasteiger charge is 2.14. The Balaban J connectivity index is 2.71. The zero-order valence-corrected chi connectivity index (χ0v) is 11.0. The third kappa shape index (κ3) is 4.10. The molecule has 6 nitrogen and oxygen atoms in total. The van der Waals surface area contributed by atoms with Crippen LogP contribution in [0.15, 0.2) is 29.2 Å². The highest BCUT2D eigenvalue weighted by atomic mass is 32.2. The fourth-order valence-electron chi connectivity index (χ4n) is 1.35. The Hall–Kier alpha value is -1.44. The molecule has 0 unspecified atom stereocenters. The summed E-state index contributed by atoms with van der Waals surface area (Å²) in [6, 6.07) is 6.39. The molecular weight excluding hydrogens is 254 g/mol. The number of sulfonamides is 1. The summed E-state index contributed by atoms with van der Waals surface area (Å²) in [5.74, 6) is -0.214. The first-order chi connectivity index (χ1) is 8.49. The van der Waals surface area contributed by atoms with Crippen LogP contribution in [-0.4, -0.2) is 27.9 Å². The number of nitrogens with two attached hydrogens (primary N) is 1. The molecule has 4 N–H and O–H groups in total. The molecule has 0 saturated heterocycles. The van der Waals surface area contributed by atoms with E-state index in [0.717, 1.165) is 5.56 Å². The molecule has 0 aliphatic carbocycles. The van der Waals surface area contributed by atoms with Crippen LogP contribution < -0.4 is 15.8 Å². The molecule has 0 aliphatic heterocycles. The number of carbonyl (C=O) groups is 1. The number of carbonyl (C=O) groups excluding carboxylic acids is 1. The zero-order chi connectivity index (χ0) is 13.6. The van der Waals surface area contributed by atoms with Crippen molar-refractivity contribution in [1.29, 1.82) is 0 Å². The van der Waals surface area contributed by atoms with Crippen LogP contribution in [0.3, 0.4) is 0 Å². The molecule has 0 atom stereocenters. The van der Waals surface area contributed by atoms with Crippen LogP contribution in [-0.2, 0) is 21.4 Å². The Morgan fingerprint density at radius 1 is 1.39 bits per heavy atom. The monoisotopic (exact) mass is 271 g/mol. The van der Waals surface area contributed by atoms with Crippen molar-refractivity contribution in [3.8, 4) is 0 Å². The van der Waals surface area contributed by atoms with Crippen LogP contribution in [0.1, 0.15) is 12.0 Å². The van der Waals surface area contributed by atoms with Gasteiger partial charge in [0.05, 0.1) is 4.90 Å². The quantitative estimate of drug-likeness (QED) is 0.653. The van der Waals surface area contributed by atoms with Crippen molar-refractivity contribution in [2.45, 2.75) is 17.9 Å². The molecule has 7 heteroatoms. The van der Waals surface area contributed by atoms with Gasteiger partial charge in [-0.3, -0.25) is 4.79 Å². The lowest BCUT2D eigenvalue weighted by atomic mass is 10.2. The minimum absolute atomic E-state index is 0.0643. The van der Waals surface area contributed by atoms with Crippen LogP contribution in [0, 0.1) is 0 Å². The third-order valence-electron chi connectivity index (χ3n) is 2.37. The minimum atomic E-state index is -3.58. The van der Waals surface area contributed by atoms with Crippen molar-refractivity contribution < 1.29 is 13.2 Å². The van der Waals surface area contributed by atoms with Crippen LogP contribution in [0.4, 0.5) is 0 Å². The molecule has 0 fully saturated rings. The number of hydrogen-bond donors (Lipinski definition) is 3. The molecule has 0 bridgehead atoms. The second-order valence-electron chi connectivity index (χ2n) is 3.67. The van der Waals surface area contributed by atoms with Gasteiger partial charge in [0.15, 0.2) is 0 Å². The molecule has 0 aliphatic rings. The molecule has 0 spiro atoms. The summed E-state index contributed by atoms with van der Waals surface area (Å²) < 4.78 is 26.1. The summed E-state index contributed by atoms with van der Waals surface area (Å²) in [5, 5.41) is 2.42. The van der Waals surface area contributed by atoms with Crippen molar-refractivity contribution in [3.05, 3.63) is 29.8 Å². The van der Waals surface area contributed by atoms with E-state index in [1.54, 1.807) is 12.1 Å². The van der Waals surface area contributed by atoms with Crippen molar-refractivity contribution in [2.75, 3.05) is 13.6 Å². The Morgan fingerprint density at radius 2 is 2.11 bits per heavy atom. The van der Waals surface area contributed by atoms with Crippen molar-refractivity contribution >= 4 is 15.9 Å². The van der Waals surface area contributed by atoms with E-state index < -0.39 is 10.0 Å². The summed E-state index contributed by atoms with van der Waals surface area (Å²) in [6.45, 7) is 0.344. The van der Waals surface area contributed by atoms with Gasteiger partial charge in [-0.15, -0.1) is 0 Å². The molecule has 1 amide bonds. The van der Waals surface area contributed by atoms with Gasteiger partial charge in [0.1, 0.15) is 0 Å². The molecule has 1 aromatic rings. The summed E-state index contributed by atoms with van der Waals surface area (Å²) >= 11 is 0. The molecular formula is C11H17N3O3S. The maximum atomic E-state index is 11.9. The Kier molecular flexibility index (Phi) is 5.26. The Bertz CT molecular complexity index is 514. The predicted molar refractivity (Wildman–Crippen MR) is 68.2 cm³/mol. The van der Waals surface area contributed by atoms with E-state index in [9.17, 15) is 13.2 Å². The Morgan fingerprint density at radius 3 is 2.72 bits per heavy atom. The number of nitrogens with one attached hydrogen (secondary N) is 2. The van der Waals surface area contributed by atoms with Crippen molar-refractivity contribution in [3.63, 3.8) is 0 Å². The summed E-state index contributed by atoms with van der Waals surface area (Å²) in [7, 11) is -2.08. The van der Waals surface area contributed by atoms with E-state index in [4.69, 9.17) is 5.73 Å². The maximum Gasteiger partial charge on any atom is 0.240 e. The van der Waals surface area contributed by atoms with E-state index in [-0.39, 0.29) is 30.3 Å². The fourth-order valence-corrected chi connectivity index (χ4v) is 2.45. The molecule has 0 saturated carbocycles. The van der Waals surface area contributed by atoms with Crippen LogP contribution in [0.2, 0.25) is 0 Å². The Labute approximate surface area is 107 Å². The average molecular weight is 271 g/mol. The SMILES string of the molecule is CNC(=O)CCNS(=O)(=O)c1cccc(CN)c1. The van der Waals surface area contributed by atoms with Gasteiger partial charge in [-0.2, -0.15) is 0 Å². The normalized spacial score (nSPS) is 11.2. The van der Waals surface area contributed by atoms with Gasteiger partial charge in [-0.1, -0.05) is 12.1 Å². The van der Waals surface area contributed by atoms with E-state index in [1.165, 1.54) is 19.2 Å². The molecule has 0 heterocycles. The van der Waals surface area contributed by atoms with Gasteiger partial charge in [0.2, 0.25) is 15.9 Å². The molecule has 18 heavy (non-hydrogen) atoms. The summed E-state index contributed by atoms with van der Waals surface area (Å²) in [4.78, 5) is 11.1. The van der Waals surface area contributed by atoms with E-state index in [2.05, 4.69) is 10.0 Å². The van der Waals surface area contributed by atoms with Crippen LogP contribution >= 0.6 is 0 Å². The van der Waals surface area contributed by atoms with Crippen LogP contribution in [0.5, 0.6) is 0 Å². The molecule has 1 rings (SSSR count). The lowest BCUT2D eigenvalue weighted by Crippen LogP contribution is -2.29.